The highest BCUT2D eigenvalue weighted by molar-refractivity contribution is 5.91. The van der Waals surface area contributed by atoms with E-state index in [1.54, 1.807) is 6.07 Å². The summed E-state index contributed by atoms with van der Waals surface area (Å²) >= 11 is 0. The summed E-state index contributed by atoms with van der Waals surface area (Å²) < 4.78 is 0. The predicted molar refractivity (Wildman–Crippen MR) is 79.4 cm³/mol. The summed E-state index contributed by atoms with van der Waals surface area (Å²) in [7, 11) is 0. The molecule has 1 rings (SSSR count). The topological polar surface area (TPSA) is 82.3 Å². The quantitative estimate of drug-likeness (QED) is 0.638. The van der Waals surface area contributed by atoms with Crippen molar-refractivity contribution in [3.63, 3.8) is 0 Å². The van der Waals surface area contributed by atoms with Crippen molar-refractivity contribution in [3.05, 3.63) is 29.8 Å². The molecule has 0 heterocycles. The van der Waals surface area contributed by atoms with Gasteiger partial charge in [0.25, 0.3) is 0 Å². The van der Waals surface area contributed by atoms with Crippen molar-refractivity contribution in [3.8, 4) is 0 Å². The molecule has 1 aromatic rings. The van der Waals surface area contributed by atoms with Gasteiger partial charge in [0.15, 0.2) is 0 Å². The van der Waals surface area contributed by atoms with E-state index < -0.39 is 12.1 Å². The van der Waals surface area contributed by atoms with Gasteiger partial charge in [0, 0.05) is 11.7 Å². The number of nitrogens with one attached hydrogen (secondary N) is 4. The van der Waals surface area contributed by atoms with Gasteiger partial charge >= 0.3 is 12.1 Å². The van der Waals surface area contributed by atoms with Gasteiger partial charge in [0.1, 0.15) is 0 Å². The fraction of sp³-hybridized carbons (Fsp3) is 0.429. The number of hydrogen-bond acceptors (Lipinski definition) is 2. The zero-order valence-corrected chi connectivity index (χ0v) is 12.1. The third kappa shape index (κ3) is 5.60. The highest BCUT2D eigenvalue weighted by Crippen LogP contribution is 2.12. The number of para-hydroxylation sites is 1. The van der Waals surface area contributed by atoms with Crippen molar-refractivity contribution in [1.82, 2.24) is 16.2 Å². The number of anilines is 1. The molecule has 1 atom stereocenters. The number of amides is 4. The Kier molecular flexibility index (Phi) is 6.36. The van der Waals surface area contributed by atoms with Crippen LogP contribution in [0.2, 0.25) is 0 Å². The van der Waals surface area contributed by atoms with Crippen LogP contribution >= 0.6 is 0 Å². The van der Waals surface area contributed by atoms with Crippen LogP contribution in [-0.4, -0.2) is 18.1 Å². The molecule has 1 unspecified atom stereocenters. The summed E-state index contributed by atoms with van der Waals surface area (Å²) in [6, 6.07) is 6.55. The SMILES string of the molecule is CCCC(C)NC(=O)NNC(=O)Nc1ccccc1C. The Balaban J connectivity index is 2.33. The molecule has 20 heavy (non-hydrogen) atoms. The van der Waals surface area contributed by atoms with Crippen LogP contribution in [0.15, 0.2) is 24.3 Å². The number of benzene rings is 1. The van der Waals surface area contributed by atoms with Gasteiger partial charge in [-0.25, -0.2) is 20.4 Å². The average molecular weight is 278 g/mol. The van der Waals surface area contributed by atoms with E-state index in [0.29, 0.717) is 5.69 Å². The van der Waals surface area contributed by atoms with Gasteiger partial charge in [0.2, 0.25) is 0 Å². The van der Waals surface area contributed by atoms with Gasteiger partial charge < -0.3 is 10.6 Å². The van der Waals surface area contributed by atoms with Crippen molar-refractivity contribution in [1.29, 1.82) is 0 Å². The van der Waals surface area contributed by atoms with Crippen molar-refractivity contribution in [2.75, 3.05) is 5.32 Å². The fourth-order valence-electron chi connectivity index (χ4n) is 1.75. The Morgan fingerprint density at radius 2 is 1.80 bits per heavy atom. The van der Waals surface area contributed by atoms with E-state index in [2.05, 4.69) is 21.5 Å². The number of carbonyl (C=O) groups excluding carboxylic acids is 2. The van der Waals surface area contributed by atoms with Crippen molar-refractivity contribution in [2.45, 2.75) is 39.7 Å². The van der Waals surface area contributed by atoms with Gasteiger partial charge in [-0.15, -0.1) is 0 Å². The minimum absolute atomic E-state index is 0.0706. The largest absolute Gasteiger partial charge is 0.337 e. The Hall–Kier alpha value is -2.24. The highest BCUT2D eigenvalue weighted by Gasteiger charge is 2.08. The Labute approximate surface area is 119 Å². The smallest absolute Gasteiger partial charge is 0.334 e. The molecule has 4 amide bonds. The van der Waals surface area contributed by atoms with E-state index in [1.165, 1.54) is 0 Å². The van der Waals surface area contributed by atoms with Crippen molar-refractivity contribution < 1.29 is 9.59 Å². The maximum Gasteiger partial charge on any atom is 0.337 e. The van der Waals surface area contributed by atoms with Gasteiger partial charge in [0.05, 0.1) is 0 Å². The molecule has 0 aliphatic carbocycles. The van der Waals surface area contributed by atoms with Gasteiger partial charge in [-0.2, -0.15) is 0 Å². The summed E-state index contributed by atoms with van der Waals surface area (Å²) in [6.45, 7) is 5.85. The van der Waals surface area contributed by atoms with Crippen LogP contribution in [0.4, 0.5) is 15.3 Å². The summed E-state index contributed by atoms with van der Waals surface area (Å²) in [4.78, 5) is 23.1. The third-order valence-corrected chi connectivity index (χ3v) is 2.78. The first-order valence-corrected chi connectivity index (χ1v) is 6.72. The van der Waals surface area contributed by atoms with Crippen molar-refractivity contribution in [2.24, 2.45) is 0 Å². The molecule has 0 saturated carbocycles. The average Bonchev–Trinajstić information content (AvgIpc) is 2.39. The second kappa shape index (κ2) is 8.04. The molecule has 0 aliphatic rings. The Bertz CT molecular complexity index is 462. The third-order valence-electron chi connectivity index (χ3n) is 2.78. The van der Waals surface area contributed by atoms with Crippen LogP contribution in [0.25, 0.3) is 0 Å². The van der Waals surface area contributed by atoms with E-state index in [0.717, 1.165) is 18.4 Å². The minimum Gasteiger partial charge on any atom is -0.334 e. The van der Waals surface area contributed by atoms with Crippen LogP contribution in [0.5, 0.6) is 0 Å². The number of hydrazine groups is 1. The molecule has 4 N–H and O–H groups in total. The normalized spacial score (nSPS) is 11.3. The van der Waals surface area contributed by atoms with Crippen LogP contribution in [-0.2, 0) is 0 Å². The molecule has 0 aromatic heterocycles. The van der Waals surface area contributed by atoms with E-state index in [1.807, 2.05) is 39.0 Å². The number of rotatable bonds is 4. The summed E-state index contributed by atoms with van der Waals surface area (Å²) in [5.74, 6) is 0. The van der Waals surface area contributed by atoms with Gasteiger partial charge in [-0.3, -0.25) is 0 Å². The fourth-order valence-corrected chi connectivity index (χ4v) is 1.75. The maximum absolute atomic E-state index is 11.6. The molecule has 110 valence electrons. The van der Waals surface area contributed by atoms with E-state index >= 15 is 0 Å². The molecular formula is C14H22N4O2. The number of urea groups is 2. The highest BCUT2D eigenvalue weighted by atomic mass is 16.2. The van der Waals surface area contributed by atoms with E-state index in [9.17, 15) is 9.59 Å². The monoisotopic (exact) mass is 278 g/mol. The standard InChI is InChI=1S/C14H22N4O2/c1-4-7-11(3)15-13(19)17-18-14(20)16-12-9-6-5-8-10(12)2/h5-6,8-9,11H,4,7H2,1-3H3,(H2,15,17,19)(H2,16,18,20). The lowest BCUT2D eigenvalue weighted by atomic mass is 10.2. The molecule has 0 bridgehead atoms. The molecule has 1 aromatic carbocycles. The summed E-state index contributed by atoms with van der Waals surface area (Å²) in [5.41, 5.74) is 6.24. The Morgan fingerprint density at radius 3 is 2.45 bits per heavy atom. The van der Waals surface area contributed by atoms with Crippen LogP contribution in [0, 0.1) is 6.92 Å². The molecule has 6 nitrogen and oxygen atoms in total. The molecule has 0 saturated heterocycles. The second-order valence-electron chi connectivity index (χ2n) is 4.68. The van der Waals surface area contributed by atoms with E-state index in [-0.39, 0.29) is 6.04 Å². The van der Waals surface area contributed by atoms with Crippen LogP contribution in [0.1, 0.15) is 32.3 Å². The zero-order valence-electron chi connectivity index (χ0n) is 12.1. The minimum atomic E-state index is -0.488. The molecule has 0 aliphatic heterocycles. The predicted octanol–water partition coefficient (Wildman–Crippen LogP) is 2.52. The number of carbonyl (C=O) groups is 2. The maximum atomic E-state index is 11.6. The number of aryl methyl sites for hydroxylation is 1. The second-order valence-corrected chi connectivity index (χ2v) is 4.68. The lowest BCUT2D eigenvalue weighted by Gasteiger charge is -2.14. The molecule has 0 fully saturated rings. The van der Waals surface area contributed by atoms with Gasteiger partial charge in [-0.1, -0.05) is 31.5 Å². The molecule has 6 heteroatoms. The first-order chi connectivity index (χ1) is 9.52. The first-order valence-electron chi connectivity index (χ1n) is 6.72. The van der Waals surface area contributed by atoms with Crippen molar-refractivity contribution >= 4 is 17.7 Å². The lowest BCUT2D eigenvalue weighted by Crippen LogP contribution is -2.50. The van der Waals surface area contributed by atoms with Crippen LogP contribution < -0.4 is 21.5 Å². The van der Waals surface area contributed by atoms with Gasteiger partial charge in [-0.05, 0) is 31.9 Å². The Morgan fingerprint density at radius 1 is 1.15 bits per heavy atom. The number of hydrogen-bond donors (Lipinski definition) is 4. The lowest BCUT2D eigenvalue weighted by molar-refractivity contribution is 0.227. The molecule has 0 spiro atoms. The molecule has 0 radical (unpaired) electrons. The summed E-state index contributed by atoms with van der Waals surface area (Å²) in [5, 5.41) is 5.37. The first kappa shape index (κ1) is 15.8. The van der Waals surface area contributed by atoms with Crippen LogP contribution in [0.3, 0.4) is 0 Å². The van der Waals surface area contributed by atoms with E-state index in [4.69, 9.17) is 0 Å². The summed E-state index contributed by atoms with van der Waals surface area (Å²) in [6.07, 6.45) is 1.88. The zero-order chi connectivity index (χ0) is 15.0. The molecular weight excluding hydrogens is 256 g/mol.